The van der Waals surface area contributed by atoms with Crippen LogP contribution >= 0.6 is 0 Å². The highest BCUT2D eigenvalue weighted by Gasteiger charge is 2.77. The predicted molar refractivity (Wildman–Crippen MR) is 42.6 cm³/mol. The Kier molecular flexibility index (Phi) is 1.19. The van der Waals surface area contributed by atoms with Crippen molar-refractivity contribution in [2.75, 3.05) is 19.7 Å². The first-order chi connectivity index (χ1) is 6.04. The van der Waals surface area contributed by atoms with Crippen LogP contribution in [0.5, 0.6) is 0 Å². The molecule has 2 saturated heterocycles. The van der Waals surface area contributed by atoms with Gasteiger partial charge in [0.2, 0.25) is 0 Å². The minimum Gasteiger partial charge on any atom is -0.394 e. The number of hydrogen-bond donors (Lipinski definition) is 1. The molecule has 3 rings (SSSR count). The first-order valence-electron chi connectivity index (χ1n) is 4.78. The fourth-order valence-corrected chi connectivity index (χ4v) is 3.06. The van der Waals surface area contributed by atoms with E-state index in [4.69, 9.17) is 0 Å². The normalized spacial score (nSPS) is 51.9. The molecule has 3 fully saturated rings. The van der Waals surface area contributed by atoms with Crippen LogP contribution in [-0.2, 0) is 0 Å². The van der Waals surface area contributed by atoms with Gasteiger partial charge < -0.3 is 5.11 Å². The van der Waals surface area contributed by atoms with Crippen molar-refractivity contribution in [3.8, 4) is 0 Å². The van der Waals surface area contributed by atoms with Crippen molar-refractivity contribution < 1.29 is 13.9 Å². The summed E-state index contributed by atoms with van der Waals surface area (Å²) < 4.78 is 26.1. The first kappa shape index (κ1) is 8.12. The van der Waals surface area contributed by atoms with Crippen molar-refractivity contribution in [1.82, 2.24) is 4.90 Å². The van der Waals surface area contributed by atoms with Gasteiger partial charge in [0.05, 0.1) is 12.0 Å². The molecule has 13 heavy (non-hydrogen) atoms. The second kappa shape index (κ2) is 1.91. The number of hydrogen-bond acceptors (Lipinski definition) is 2. The van der Waals surface area contributed by atoms with E-state index < -0.39 is 11.3 Å². The van der Waals surface area contributed by atoms with Crippen LogP contribution in [0, 0.1) is 5.41 Å². The van der Waals surface area contributed by atoms with Crippen LogP contribution in [-0.4, -0.2) is 41.2 Å². The number of nitrogens with zero attached hydrogens (tertiary/aromatic N) is 1. The predicted octanol–water partition coefficient (Wildman–Crippen LogP) is 0.852. The van der Waals surface area contributed by atoms with Crippen molar-refractivity contribution in [3.63, 3.8) is 0 Å². The van der Waals surface area contributed by atoms with E-state index in [1.54, 1.807) is 0 Å². The standard InChI is InChI=1S/C9H13F2NO/c10-9(11)4-7(9)3-8(6-13)1-2-12(8)5-7/h13H,1-6H2/t7-,8-/m0/s1. The summed E-state index contributed by atoms with van der Waals surface area (Å²) in [5.74, 6) is -2.45. The third kappa shape index (κ3) is 0.749. The Balaban J connectivity index is 1.86. The molecule has 0 radical (unpaired) electrons. The van der Waals surface area contributed by atoms with Crippen LogP contribution in [0.3, 0.4) is 0 Å². The van der Waals surface area contributed by atoms with Gasteiger partial charge in [0, 0.05) is 25.0 Å². The molecule has 0 aromatic rings. The molecule has 0 unspecified atom stereocenters. The highest BCUT2D eigenvalue weighted by atomic mass is 19.3. The summed E-state index contributed by atoms with van der Waals surface area (Å²) in [6.07, 6.45) is 1.43. The number of alkyl halides is 2. The smallest absolute Gasteiger partial charge is 0.255 e. The maximum Gasteiger partial charge on any atom is 0.255 e. The summed E-state index contributed by atoms with van der Waals surface area (Å²) >= 11 is 0. The Morgan fingerprint density at radius 2 is 2.00 bits per heavy atom. The maximum absolute atomic E-state index is 13.1. The fourth-order valence-electron chi connectivity index (χ4n) is 3.06. The van der Waals surface area contributed by atoms with E-state index in [0.29, 0.717) is 13.0 Å². The molecule has 0 bridgehead atoms. The molecule has 3 aliphatic rings. The monoisotopic (exact) mass is 189 g/mol. The zero-order valence-electron chi connectivity index (χ0n) is 7.39. The molecule has 1 spiro atoms. The minimum absolute atomic E-state index is 0.0399. The molecule has 1 saturated carbocycles. The van der Waals surface area contributed by atoms with Gasteiger partial charge in [0.1, 0.15) is 0 Å². The number of rotatable bonds is 1. The third-order valence-corrected chi connectivity index (χ3v) is 4.18. The SMILES string of the molecule is OC[C@@]12CCN1C[C@@]1(CC1(F)F)C2. The number of halogens is 2. The van der Waals surface area contributed by atoms with E-state index in [1.807, 2.05) is 4.90 Å². The van der Waals surface area contributed by atoms with Gasteiger partial charge in [-0.15, -0.1) is 0 Å². The van der Waals surface area contributed by atoms with Crippen LogP contribution in [0.25, 0.3) is 0 Å². The van der Waals surface area contributed by atoms with E-state index >= 15 is 0 Å². The zero-order chi connectivity index (χ0) is 9.32. The van der Waals surface area contributed by atoms with Crippen molar-refractivity contribution in [2.45, 2.75) is 30.7 Å². The Morgan fingerprint density at radius 1 is 1.31 bits per heavy atom. The van der Waals surface area contributed by atoms with Crippen LogP contribution in [0.15, 0.2) is 0 Å². The Morgan fingerprint density at radius 3 is 2.31 bits per heavy atom. The average molecular weight is 189 g/mol. The summed E-state index contributed by atoms with van der Waals surface area (Å²) in [4.78, 5) is 2.04. The largest absolute Gasteiger partial charge is 0.394 e. The summed E-state index contributed by atoms with van der Waals surface area (Å²) in [6.45, 7) is 1.43. The average Bonchev–Trinajstić information content (AvgIpc) is 2.50. The van der Waals surface area contributed by atoms with Gasteiger partial charge in [-0.25, -0.2) is 8.78 Å². The van der Waals surface area contributed by atoms with Crippen molar-refractivity contribution in [2.24, 2.45) is 5.41 Å². The topological polar surface area (TPSA) is 23.5 Å². The first-order valence-corrected chi connectivity index (χ1v) is 4.78. The molecule has 2 aliphatic heterocycles. The summed E-state index contributed by atoms with van der Waals surface area (Å²) in [7, 11) is 0. The van der Waals surface area contributed by atoms with E-state index in [-0.39, 0.29) is 18.6 Å². The van der Waals surface area contributed by atoms with Crippen LogP contribution in [0.1, 0.15) is 19.3 Å². The molecule has 0 aromatic heterocycles. The number of aliphatic hydroxyl groups excluding tert-OH is 1. The fraction of sp³-hybridized carbons (Fsp3) is 1.00. The molecule has 74 valence electrons. The lowest BCUT2D eigenvalue weighted by Gasteiger charge is -2.46. The molecule has 1 N–H and O–H groups in total. The van der Waals surface area contributed by atoms with E-state index in [1.165, 1.54) is 0 Å². The van der Waals surface area contributed by atoms with Crippen molar-refractivity contribution in [3.05, 3.63) is 0 Å². The van der Waals surface area contributed by atoms with Gasteiger partial charge >= 0.3 is 0 Å². The lowest BCUT2D eigenvalue weighted by atomic mass is 9.83. The Labute approximate surface area is 75.5 Å². The van der Waals surface area contributed by atoms with Gasteiger partial charge in [-0.05, 0) is 12.8 Å². The molecule has 0 aromatic carbocycles. The van der Waals surface area contributed by atoms with Gasteiger partial charge in [-0.1, -0.05) is 0 Å². The van der Waals surface area contributed by atoms with Crippen LogP contribution in [0.4, 0.5) is 8.78 Å². The van der Waals surface area contributed by atoms with Gasteiger partial charge in [-0.2, -0.15) is 0 Å². The van der Waals surface area contributed by atoms with Crippen molar-refractivity contribution in [1.29, 1.82) is 0 Å². The number of aliphatic hydroxyl groups is 1. The summed E-state index contributed by atoms with van der Waals surface area (Å²) in [6, 6.07) is 0. The third-order valence-electron chi connectivity index (χ3n) is 4.18. The molecule has 1 aliphatic carbocycles. The van der Waals surface area contributed by atoms with Crippen LogP contribution in [0.2, 0.25) is 0 Å². The minimum atomic E-state index is -2.45. The summed E-state index contributed by atoms with van der Waals surface area (Å²) in [5, 5.41) is 9.19. The quantitative estimate of drug-likeness (QED) is 0.661. The zero-order valence-corrected chi connectivity index (χ0v) is 7.39. The Bertz CT molecular complexity index is 266. The van der Waals surface area contributed by atoms with Crippen molar-refractivity contribution >= 4 is 0 Å². The second-order valence-corrected chi connectivity index (χ2v) is 4.89. The highest BCUT2D eigenvalue weighted by molar-refractivity contribution is 5.23. The van der Waals surface area contributed by atoms with E-state index in [9.17, 15) is 13.9 Å². The van der Waals surface area contributed by atoms with Crippen LogP contribution < -0.4 is 0 Å². The van der Waals surface area contributed by atoms with E-state index in [0.717, 1.165) is 13.0 Å². The van der Waals surface area contributed by atoms with Gasteiger partial charge in [0.25, 0.3) is 5.92 Å². The molecular formula is C9H13F2NO. The summed E-state index contributed by atoms with van der Waals surface area (Å²) in [5.41, 5.74) is -1.02. The molecular weight excluding hydrogens is 176 g/mol. The molecule has 2 atom stereocenters. The number of fused-ring (bicyclic) bond motifs is 1. The Hall–Kier alpha value is -0.220. The maximum atomic E-state index is 13.1. The molecule has 2 nitrogen and oxygen atoms in total. The van der Waals surface area contributed by atoms with E-state index in [2.05, 4.69) is 0 Å². The van der Waals surface area contributed by atoms with Gasteiger partial charge in [-0.3, -0.25) is 4.90 Å². The highest BCUT2D eigenvalue weighted by Crippen LogP contribution is 2.70. The molecule has 0 amide bonds. The lowest BCUT2D eigenvalue weighted by Crippen LogP contribution is -2.57. The lowest BCUT2D eigenvalue weighted by molar-refractivity contribution is -0.0190. The molecule has 4 heteroatoms. The molecule has 2 heterocycles. The van der Waals surface area contributed by atoms with Gasteiger partial charge in [0.15, 0.2) is 0 Å². The second-order valence-electron chi connectivity index (χ2n) is 4.89.